The molecule has 0 heterocycles. The summed E-state index contributed by atoms with van der Waals surface area (Å²) in [6, 6.07) is 2.52. The first kappa shape index (κ1) is 18.5. The highest BCUT2D eigenvalue weighted by molar-refractivity contribution is 5.26. The fourth-order valence-electron chi connectivity index (χ4n) is 2.87. The molecule has 0 N–H and O–H groups in total. The van der Waals surface area contributed by atoms with Crippen LogP contribution in [0, 0.1) is 23.2 Å². The third-order valence-electron chi connectivity index (χ3n) is 4.37. The molecular formula is C21H31N. The van der Waals surface area contributed by atoms with Crippen LogP contribution in [0.4, 0.5) is 0 Å². The molecular weight excluding hydrogens is 266 g/mol. The highest BCUT2D eigenvalue weighted by atomic mass is 14.3. The van der Waals surface area contributed by atoms with Crippen molar-refractivity contribution in [3.05, 3.63) is 46.6 Å². The van der Waals surface area contributed by atoms with Crippen LogP contribution in [0.15, 0.2) is 46.6 Å². The van der Waals surface area contributed by atoms with Gasteiger partial charge in [0.25, 0.3) is 0 Å². The maximum atomic E-state index is 9.59. The van der Waals surface area contributed by atoms with Gasteiger partial charge in [-0.2, -0.15) is 5.26 Å². The van der Waals surface area contributed by atoms with Gasteiger partial charge >= 0.3 is 0 Å². The van der Waals surface area contributed by atoms with Gasteiger partial charge in [-0.15, -0.1) is 0 Å². The molecule has 0 aromatic rings. The number of nitriles is 1. The zero-order valence-electron chi connectivity index (χ0n) is 14.9. The first-order valence-corrected chi connectivity index (χ1v) is 8.52. The SMILES string of the molecule is C/C1=C/C=C(/C(C)C)C(C#N)C/C(C)=C\CC/C(C)=C\CC1. The summed E-state index contributed by atoms with van der Waals surface area (Å²) in [5, 5.41) is 9.59. The van der Waals surface area contributed by atoms with Gasteiger partial charge in [-0.25, -0.2) is 0 Å². The molecule has 1 heteroatoms. The second kappa shape index (κ2) is 9.46. The molecule has 0 fully saturated rings. The maximum absolute atomic E-state index is 9.59. The Balaban J connectivity index is 3.11. The van der Waals surface area contributed by atoms with Gasteiger partial charge in [0.15, 0.2) is 0 Å². The second-order valence-electron chi connectivity index (χ2n) is 6.90. The summed E-state index contributed by atoms with van der Waals surface area (Å²) in [4.78, 5) is 0. The molecule has 0 saturated carbocycles. The monoisotopic (exact) mass is 297 g/mol. The number of allylic oxidation sites excluding steroid dienone is 8. The van der Waals surface area contributed by atoms with Gasteiger partial charge in [-0.3, -0.25) is 0 Å². The molecule has 120 valence electrons. The van der Waals surface area contributed by atoms with Crippen molar-refractivity contribution in [2.24, 2.45) is 11.8 Å². The Morgan fingerprint density at radius 3 is 2.14 bits per heavy atom. The first-order chi connectivity index (χ1) is 10.4. The molecule has 1 nitrogen and oxygen atoms in total. The van der Waals surface area contributed by atoms with Crippen LogP contribution in [-0.2, 0) is 0 Å². The lowest BCUT2D eigenvalue weighted by Crippen LogP contribution is -2.08. The fraction of sp³-hybridized carbons (Fsp3) is 0.571. The summed E-state index contributed by atoms with van der Waals surface area (Å²) in [6.45, 7) is 11.0. The largest absolute Gasteiger partial charge is 0.198 e. The van der Waals surface area contributed by atoms with Crippen LogP contribution in [0.25, 0.3) is 0 Å². The van der Waals surface area contributed by atoms with Crippen LogP contribution < -0.4 is 0 Å². The molecule has 0 aromatic heterocycles. The van der Waals surface area contributed by atoms with Gasteiger partial charge in [-0.05, 0) is 58.8 Å². The molecule has 0 aliphatic heterocycles. The predicted octanol–water partition coefficient (Wildman–Crippen LogP) is 6.51. The van der Waals surface area contributed by atoms with Crippen LogP contribution >= 0.6 is 0 Å². The molecule has 0 aromatic carbocycles. The molecule has 1 aliphatic carbocycles. The van der Waals surface area contributed by atoms with Gasteiger partial charge in [0, 0.05) is 0 Å². The van der Waals surface area contributed by atoms with E-state index < -0.39 is 0 Å². The predicted molar refractivity (Wildman–Crippen MR) is 96.4 cm³/mol. The Morgan fingerprint density at radius 2 is 1.55 bits per heavy atom. The number of rotatable bonds is 1. The van der Waals surface area contributed by atoms with E-state index in [9.17, 15) is 5.26 Å². The molecule has 0 amide bonds. The van der Waals surface area contributed by atoms with E-state index in [1.165, 1.54) is 22.3 Å². The van der Waals surface area contributed by atoms with Crippen LogP contribution in [-0.4, -0.2) is 0 Å². The average molecular weight is 297 g/mol. The van der Waals surface area contributed by atoms with Crippen molar-refractivity contribution >= 4 is 0 Å². The molecule has 22 heavy (non-hydrogen) atoms. The zero-order valence-corrected chi connectivity index (χ0v) is 14.9. The lowest BCUT2D eigenvalue weighted by atomic mass is 9.85. The van der Waals surface area contributed by atoms with Crippen molar-refractivity contribution in [2.45, 2.75) is 66.7 Å². The summed E-state index contributed by atoms with van der Waals surface area (Å²) in [6.07, 6.45) is 14.4. The van der Waals surface area contributed by atoms with Crippen LogP contribution in [0.1, 0.15) is 66.7 Å². The maximum Gasteiger partial charge on any atom is 0.0715 e. The summed E-state index contributed by atoms with van der Waals surface area (Å²) >= 11 is 0. The highest BCUT2D eigenvalue weighted by Crippen LogP contribution is 2.27. The van der Waals surface area contributed by atoms with E-state index in [1.807, 2.05) is 0 Å². The number of hydrogen-bond donors (Lipinski definition) is 0. The van der Waals surface area contributed by atoms with E-state index in [2.05, 4.69) is 65.0 Å². The normalized spacial score (nSPS) is 31.4. The minimum absolute atomic E-state index is 0.000111. The summed E-state index contributed by atoms with van der Waals surface area (Å²) < 4.78 is 0. The topological polar surface area (TPSA) is 23.8 Å². The summed E-state index contributed by atoms with van der Waals surface area (Å²) in [5.74, 6) is 0.413. The number of nitrogens with zero attached hydrogens (tertiary/aromatic N) is 1. The lowest BCUT2D eigenvalue weighted by Gasteiger charge is -2.18. The Labute approximate surface area is 137 Å². The standard InChI is InChI=1S/C21H31N/c1-16(2)21-13-12-18(4)10-6-8-17(3)9-7-11-19(5)14-20(21)15-22/h8,11-13,16,20H,6-7,9-10,14H2,1-5H3/b17-8-,18-12-,19-11-,21-13-. The third kappa shape index (κ3) is 6.48. The van der Waals surface area contributed by atoms with Crippen LogP contribution in [0.2, 0.25) is 0 Å². The van der Waals surface area contributed by atoms with Gasteiger partial charge < -0.3 is 0 Å². The quantitative estimate of drug-likeness (QED) is 0.506. The minimum Gasteiger partial charge on any atom is -0.198 e. The third-order valence-corrected chi connectivity index (χ3v) is 4.37. The molecule has 1 aliphatic rings. The zero-order chi connectivity index (χ0) is 16.5. The van der Waals surface area contributed by atoms with Gasteiger partial charge in [0.2, 0.25) is 0 Å². The molecule has 0 saturated heterocycles. The van der Waals surface area contributed by atoms with E-state index in [0.717, 1.165) is 32.1 Å². The second-order valence-corrected chi connectivity index (χ2v) is 6.90. The Morgan fingerprint density at radius 1 is 0.955 bits per heavy atom. The first-order valence-electron chi connectivity index (χ1n) is 8.52. The van der Waals surface area contributed by atoms with E-state index >= 15 is 0 Å². The van der Waals surface area contributed by atoms with Crippen molar-refractivity contribution in [2.75, 3.05) is 0 Å². The Bertz CT molecular complexity index is 521. The van der Waals surface area contributed by atoms with Crippen molar-refractivity contribution in [1.29, 1.82) is 5.26 Å². The summed E-state index contributed by atoms with van der Waals surface area (Å²) in [5.41, 5.74) is 5.47. The molecule has 0 spiro atoms. The van der Waals surface area contributed by atoms with E-state index in [4.69, 9.17) is 0 Å². The average Bonchev–Trinajstić information content (AvgIpc) is 2.45. The van der Waals surface area contributed by atoms with Crippen molar-refractivity contribution < 1.29 is 0 Å². The Hall–Kier alpha value is -1.55. The van der Waals surface area contributed by atoms with Crippen molar-refractivity contribution in [3.8, 4) is 6.07 Å². The van der Waals surface area contributed by atoms with Gasteiger partial charge in [0.1, 0.15) is 0 Å². The van der Waals surface area contributed by atoms with Crippen LogP contribution in [0.3, 0.4) is 0 Å². The minimum atomic E-state index is -0.000111. The van der Waals surface area contributed by atoms with E-state index in [1.54, 1.807) is 0 Å². The van der Waals surface area contributed by atoms with Gasteiger partial charge in [-0.1, -0.05) is 60.4 Å². The molecule has 0 bridgehead atoms. The van der Waals surface area contributed by atoms with E-state index in [-0.39, 0.29) is 5.92 Å². The number of hydrogen-bond acceptors (Lipinski definition) is 1. The Kier molecular flexibility index (Phi) is 7.96. The van der Waals surface area contributed by atoms with Crippen molar-refractivity contribution in [1.82, 2.24) is 0 Å². The molecule has 1 unspecified atom stereocenters. The molecule has 1 atom stereocenters. The molecule has 0 radical (unpaired) electrons. The highest BCUT2D eigenvalue weighted by Gasteiger charge is 2.16. The molecule has 1 rings (SSSR count). The van der Waals surface area contributed by atoms with Gasteiger partial charge in [0.05, 0.1) is 12.0 Å². The smallest absolute Gasteiger partial charge is 0.0715 e. The van der Waals surface area contributed by atoms with Crippen LogP contribution in [0.5, 0.6) is 0 Å². The lowest BCUT2D eigenvalue weighted by molar-refractivity contribution is 0.629. The fourth-order valence-corrected chi connectivity index (χ4v) is 2.87. The van der Waals surface area contributed by atoms with E-state index in [0.29, 0.717) is 5.92 Å². The van der Waals surface area contributed by atoms with Crippen molar-refractivity contribution in [3.63, 3.8) is 0 Å². The summed E-state index contributed by atoms with van der Waals surface area (Å²) in [7, 11) is 0.